The van der Waals surface area contributed by atoms with Crippen LogP contribution in [-0.2, 0) is 4.79 Å². The van der Waals surface area contributed by atoms with Crippen molar-refractivity contribution in [3.8, 4) is 0 Å². The van der Waals surface area contributed by atoms with Crippen LogP contribution in [0.25, 0.3) is 0 Å². The molecule has 0 saturated carbocycles. The lowest BCUT2D eigenvalue weighted by molar-refractivity contribution is 0.308. The van der Waals surface area contributed by atoms with Gasteiger partial charge in [-0.25, -0.2) is 9.79 Å². The molecule has 0 spiro atoms. The maximum atomic E-state index is 10.1. The van der Waals surface area contributed by atoms with E-state index in [9.17, 15) is 4.79 Å². The number of aliphatic imine (C=N–C) groups is 1. The molecule has 0 aliphatic heterocycles. The largest absolute Gasteiger partial charge is 0.234 e. The predicted molar refractivity (Wildman–Crippen MR) is 62.3 cm³/mol. The van der Waals surface area contributed by atoms with E-state index < -0.39 is 0 Å². The van der Waals surface area contributed by atoms with Gasteiger partial charge < -0.3 is 0 Å². The van der Waals surface area contributed by atoms with Crippen LogP contribution in [-0.4, -0.2) is 12.6 Å². The summed E-state index contributed by atoms with van der Waals surface area (Å²) in [6.07, 6.45) is 10.8. The van der Waals surface area contributed by atoms with Gasteiger partial charge in [-0.3, -0.25) is 0 Å². The second-order valence-electron chi connectivity index (χ2n) is 4.42. The Morgan fingerprint density at radius 1 is 1.60 bits per heavy atom. The van der Waals surface area contributed by atoms with E-state index in [-0.39, 0.29) is 11.3 Å². The zero-order valence-electron chi connectivity index (χ0n) is 9.36. The number of rotatable bonds is 4. The van der Waals surface area contributed by atoms with E-state index in [1.165, 1.54) is 0 Å². The Balaban J connectivity index is 2.82. The monoisotopic (exact) mass is 203 g/mol. The molecular weight excluding hydrogens is 186 g/mol. The molecule has 0 bridgehead atoms. The van der Waals surface area contributed by atoms with Crippen molar-refractivity contribution in [1.29, 1.82) is 0 Å². The van der Waals surface area contributed by atoms with Crippen molar-refractivity contribution in [2.75, 3.05) is 6.54 Å². The van der Waals surface area contributed by atoms with E-state index in [2.05, 4.69) is 30.6 Å². The maximum absolute atomic E-state index is 10.1. The average Bonchev–Trinajstić information content (AvgIpc) is 2.15. The highest BCUT2D eigenvalue weighted by Gasteiger charge is 2.31. The van der Waals surface area contributed by atoms with Gasteiger partial charge >= 0.3 is 0 Å². The first-order chi connectivity index (χ1) is 7.08. The van der Waals surface area contributed by atoms with Gasteiger partial charge in [0.05, 0.1) is 6.54 Å². The lowest BCUT2D eigenvalue weighted by Crippen LogP contribution is -2.28. The molecule has 1 aliphatic rings. The van der Waals surface area contributed by atoms with Gasteiger partial charge in [0.25, 0.3) is 0 Å². The van der Waals surface area contributed by atoms with Gasteiger partial charge in [0.1, 0.15) is 0 Å². The molecule has 0 heterocycles. The minimum Gasteiger partial charge on any atom is -0.211 e. The zero-order valence-corrected chi connectivity index (χ0v) is 9.36. The number of carbonyl (C=O) groups excluding carboxylic acids is 1. The van der Waals surface area contributed by atoms with E-state index in [4.69, 9.17) is 0 Å². The van der Waals surface area contributed by atoms with Crippen molar-refractivity contribution < 1.29 is 4.79 Å². The van der Waals surface area contributed by atoms with E-state index in [0.29, 0.717) is 6.54 Å². The van der Waals surface area contributed by atoms with Crippen LogP contribution in [0.1, 0.15) is 20.3 Å². The van der Waals surface area contributed by atoms with Gasteiger partial charge in [-0.1, -0.05) is 36.8 Å². The van der Waals surface area contributed by atoms with Crippen molar-refractivity contribution in [3.05, 3.63) is 36.5 Å². The normalized spacial score (nSPS) is 28.5. The molecule has 0 radical (unpaired) electrons. The summed E-state index contributed by atoms with van der Waals surface area (Å²) >= 11 is 0. The van der Waals surface area contributed by atoms with Crippen molar-refractivity contribution in [2.45, 2.75) is 20.3 Å². The van der Waals surface area contributed by atoms with Crippen LogP contribution in [0, 0.1) is 11.3 Å². The lowest BCUT2D eigenvalue weighted by atomic mass is 9.71. The van der Waals surface area contributed by atoms with Gasteiger partial charge in [0.15, 0.2) is 0 Å². The molecule has 0 aromatic rings. The number of isocyanates is 1. The second-order valence-corrected chi connectivity index (χ2v) is 4.42. The van der Waals surface area contributed by atoms with Gasteiger partial charge in [-0.2, -0.15) is 0 Å². The number of allylic oxidation sites excluding steroid dienone is 4. The zero-order chi connectivity index (χ0) is 11.3. The predicted octanol–water partition coefficient (Wildman–Crippen LogP) is 3.04. The summed E-state index contributed by atoms with van der Waals surface area (Å²) in [4.78, 5) is 13.8. The average molecular weight is 203 g/mol. The molecule has 15 heavy (non-hydrogen) atoms. The van der Waals surface area contributed by atoms with Crippen molar-refractivity contribution in [2.24, 2.45) is 16.3 Å². The summed E-state index contributed by atoms with van der Waals surface area (Å²) in [5.41, 5.74) is 1.18. The van der Waals surface area contributed by atoms with Gasteiger partial charge in [-0.15, -0.1) is 6.58 Å². The van der Waals surface area contributed by atoms with Crippen LogP contribution in [0.2, 0.25) is 0 Å². The molecule has 0 amide bonds. The van der Waals surface area contributed by atoms with Crippen LogP contribution >= 0.6 is 0 Å². The molecule has 0 N–H and O–H groups in total. The summed E-state index contributed by atoms with van der Waals surface area (Å²) in [7, 11) is 0. The Morgan fingerprint density at radius 3 is 2.93 bits per heavy atom. The molecule has 0 saturated heterocycles. The Morgan fingerprint density at radius 2 is 2.33 bits per heavy atom. The fourth-order valence-corrected chi connectivity index (χ4v) is 2.06. The standard InChI is InChI=1S/C13H17NO/c1-11(2)8-13(3)7-5-4-6-12(13)9-14-10-15/h4-7,12H,1,8-9H2,2-3H3. The van der Waals surface area contributed by atoms with Crippen molar-refractivity contribution in [3.63, 3.8) is 0 Å². The molecule has 0 fully saturated rings. The first-order valence-corrected chi connectivity index (χ1v) is 5.12. The second kappa shape index (κ2) is 4.90. The smallest absolute Gasteiger partial charge is 0.211 e. The molecule has 0 aromatic heterocycles. The minimum atomic E-state index is 0.0287. The molecule has 2 heteroatoms. The van der Waals surface area contributed by atoms with Crippen molar-refractivity contribution in [1.82, 2.24) is 0 Å². The van der Waals surface area contributed by atoms with Crippen LogP contribution in [0.4, 0.5) is 0 Å². The third-order valence-corrected chi connectivity index (χ3v) is 2.81. The molecule has 2 nitrogen and oxygen atoms in total. The summed E-state index contributed by atoms with van der Waals surface area (Å²) in [6, 6.07) is 0. The fraction of sp³-hybridized carbons (Fsp3) is 0.462. The molecule has 2 atom stereocenters. The molecule has 1 rings (SSSR count). The number of hydrogen-bond donors (Lipinski definition) is 0. The summed E-state index contributed by atoms with van der Waals surface area (Å²) < 4.78 is 0. The Kier molecular flexibility index (Phi) is 3.81. The van der Waals surface area contributed by atoms with Crippen LogP contribution < -0.4 is 0 Å². The van der Waals surface area contributed by atoms with E-state index >= 15 is 0 Å². The molecule has 1 aliphatic carbocycles. The molecule has 80 valence electrons. The number of hydrogen-bond acceptors (Lipinski definition) is 2. The van der Waals surface area contributed by atoms with E-state index in [0.717, 1.165) is 12.0 Å². The SMILES string of the molecule is C=C(C)CC1(C)C=CC=CC1CN=C=O. The van der Waals surface area contributed by atoms with Crippen LogP contribution in [0.3, 0.4) is 0 Å². The number of nitrogens with zero attached hydrogens (tertiary/aromatic N) is 1. The molecule has 2 unspecified atom stereocenters. The highest BCUT2D eigenvalue weighted by Crippen LogP contribution is 2.38. The summed E-state index contributed by atoms with van der Waals surface area (Å²) in [5.74, 6) is 0.264. The first-order valence-electron chi connectivity index (χ1n) is 5.12. The quantitative estimate of drug-likeness (QED) is 0.392. The van der Waals surface area contributed by atoms with E-state index in [1.807, 2.05) is 19.1 Å². The van der Waals surface area contributed by atoms with Crippen LogP contribution in [0.15, 0.2) is 41.4 Å². The maximum Gasteiger partial charge on any atom is 0.234 e. The Labute approximate surface area is 91.1 Å². The third-order valence-electron chi connectivity index (χ3n) is 2.81. The van der Waals surface area contributed by atoms with Crippen molar-refractivity contribution >= 4 is 6.08 Å². The topological polar surface area (TPSA) is 29.4 Å². The van der Waals surface area contributed by atoms with E-state index in [1.54, 1.807) is 6.08 Å². The third kappa shape index (κ3) is 3.03. The molecule has 0 aromatic carbocycles. The molecular formula is C13H17NO. The lowest BCUT2D eigenvalue weighted by Gasteiger charge is -2.34. The van der Waals surface area contributed by atoms with Gasteiger partial charge in [0.2, 0.25) is 6.08 Å². The Hall–Kier alpha value is -1.40. The van der Waals surface area contributed by atoms with Gasteiger partial charge in [-0.05, 0) is 18.8 Å². The summed E-state index contributed by atoms with van der Waals surface area (Å²) in [5, 5.41) is 0. The first kappa shape index (κ1) is 11.7. The fourth-order valence-electron chi connectivity index (χ4n) is 2.06. The minimum absolute atomic E-state index is 0.0287. The van der Waals surface area contributed by atoms with Gasteiger partial charge in [0, 0.05) is 5.92 Å². The highest BCUT2D eigenvalue weighted by molar-refractivity contribution is 5.33. The van der Waals surface area contributed by atoms with Crippen LogP contribution in [0.5, 0.6) is 0 Å². The summed E-state index contributed by atoms with van der Waals surface area (Å²) in [6.45, 7) is 8.65. The highest BCUT2D eigenvalue weighted by atomic mass is 16.1. The Bertz CT molecular complexity index is 348.